The van der Waals surface area contributed by atoms with Crippen molar-refractivity contribution in [2.75, 3.05) is 26.7 Å². The fourth-order valence-corrected chi connectivity index (χ4v) is 1.88. The van der Waals surface area contributed by atoms with Crippen molar-refractivity contribution < 1.29 is 29.0 Å². The maximum absolute atomic E-state index is 12.0. The number of hydrogen-bond donors (Lipinski definition) is 2. The van der Waals surface area contributed by atoms with Crippen molar-refractivity contribution in [1.29, 1.82) is 0 Å². The lowest BCUT2D eigenvalue weighted by molar-refractivity contribution is -0.153. The SMILES string of the molecule is CCN1CCN(C(=O)N[C@H](C(=O)OC)[C@@H](C)O)C(=O)C1=O. The summed E-state index contributed by atoms with van der Waals surface area (Å²) >= 11 is 0. The molecular weight excluding hydrogens is 282 g/mol. The maximum atomic E-state index is 12.0. The van der Waals surface area contributed by atoms with Crippen LogP contribution >= 0.6 is 0 Å². The Balaban J connectivity index is 2.77. The summed E-state index contributed by atoms with van der Waals surface area (Å²) in [6.45, 7) is 3.65. The highest BCUT2D eigenvalue weighted by Gasteiger charge is 2.37. The van der Waals surface area contributed by atoms with Gasteiger partial charge in [-0.05, 0) is 13.8 Å². The molecule has 0 spiro atoms. The van der Waals surface area contributed by atoms with E-state index in [1.54, 1.807) is 6.92 Å². The molecular formula is C12H19N3O6. The molecule has 1 aliphatic heterocycles. The van der Waals surface area contributed by atoms with Gasteiger partial charge in [-0.1, -0.05) is 0 Å². The highest BCUT2D eigenvalue weighted by molar-refractivity contribution is 6.38. The number of aliphatic hydroxyl groups excluding tert-OH is 1. The van der Waals surface area contributed by atoms with Gasteiger partial charge in [0.2, 0.25) is 0 Å². The summed E-state index contributed by atoms with van der Waals surface area (Å²) in [5, 5.41) is 11.7. The molecule has 2 atom stereocenters. The Morgan fingerprint density at radius 3 is 2.43 bits per heavy atom. The number of urea groups is 1. The van der Waals surface area contributed by atoms with Gasteiger partial charge in [0.05, 0.1) is 13.2 Å². The Bertz CT molecular complexity index is 450. The summed E-state index contributed by atoms with van der Waals surface area (Å²) in [6, 6.07) is -2.23. The van der Waals surface area contributed by atoms with E-state index in [9.17, 15) is 24.3 Å². The fraction of sp³-hybridized carbons (Fsp3) is 0.667. The van der Waals surface area contributed by atoms with Gasteiger partial charge in [0, 0.05) is 19.6 Å². The van der Waals surface area contributed by atoms with Crippen LogP contribution in [0, 0.1) is 0 Å². The summed E-state index contributed by atoms with van der Waals surface area (Å²) in [5.41, 5.74) is 0. The summed E-state index contributed by atoms with van der Waals surface area (Å²) in [7, 11) is 1.11. The number of rotatable bonds is 4. The lowest BCUT2D eigenvalue weighted by atomic mass is 10.2. The van der Waals surface area contributed by atoms with E-state index in [-0.39, 0.29) is 13.1 Å². The lowest BCUT2D eigenvalue weighted by Crippen LogP contribution is -2.61. The largest absolute Gasteiger partial charge is 0.467 e. The van der Waals surface area contributed by atoms with Crippen LogP contribution in [0.2, 0.25) is 0 Å². The van der Waals surface area contributed by atoms with Gasteiger partial charge >= 0.3 is 23.8 Å². The molecule has 21 heavy (non-hydrogen) atoms. The van der Waals surface area contributed by atoms with Gasteiger partial charge in [-0.3, -0.25) is 14.5 Å². The molecule has 1 aliphatic rings. The van der Waals surface area contributed by atoms with Crippen molar-refractivity contribution in [3.05, 3.63) is 0 Å². The van der Waals surface area contributed by atoms with E-state index in [0.29, 0.717) is 11.4 Å². The molecule has 0 aromatic heterocycles. The average molecular weight is 301 g/mol. The predicted molar refractivity (Wildman–Crippen MR) is 70.0 cm³/mol. The Kier molecular flexibility index (Phi) is 5.65. The van der Waals surface area contributed by atoms with E-state index in [1.165, 1.54) is 11.8 Å². The molecule has 0 bridgehead atoms. The second kappa shape index (κ2) is 7.02. The molecule has 0 aromatic rings. The van der Waals surface area contributed by atoms with Crippen LogP contribution in [0.15, 0.2) is 0 Å². The van der Waals surface area contributed by atoms with Crippen LogP contribution in [-0.4, -0.2) is 77.6 Å². The normalized spacial score (nSPS) is 18.3. The first-order chi connectivity index (χ1) is 9.83. The van der Waals surface area contributed by atoms with Crippen LogP contribution in [0.1, 0.15) is 13.8 Å². The number of aliphatic hydroxyl groups is 1. The molecule has 1 rings (SSSR count). The van der Waals surface area contributed by atoms with E-state index < -0.39 is 36.0 Å². The fourth-order valence-electron chi connectivity index (χ4n) is 1.88. The number of nitrogens with zero attached hydrogens (tertiary/aromatic N) is 2. The molecule has 1 heterocycles. The first kappa shape index (κ1) is 16.9. The van der Waals surface area contributed by atoms with Gasteiger partial charge in [0.25, 0.3) is 0 Å². The van der Waals surface area contributed by atoms with Crippen molar-refractivity contribution in [2.45, 2.75) is 26.0 Å². The third-order valence-corrected chi connectivity index (χ3v) is 3.15. The Hall–Kier alpha value is -2.16. The molecule has 9 nitrogen and oxygen atoms in total. The molecule has 0 unspecified atom stereocenters. The second-order valence-corrected chi connectivity index (χ2v) is 4.53. The number of esters is 1. The average Bonchev–Trinajstić information content (AvgIpc) is 2.46. The zero-order valence-corrected chi connectivity index (χ0v) is 12.2. The van der Waals surface area contributed by atoms with Crippen molar-refractivity contribution in [3.63, 3.8) is 0 Å². The number of likely N-dealkylation sites (N-methyl/N-ethyl adjacent to an activating group) is 1. The third-order valence-electron chi connectivity index (χ3n) is 3.15. The van der Waals surface area contributed by atoms with Crippen molar-refractivity contribution in [3.8, 4) is 0 Å². The highest BCUT2D eigenvalue weighted by Crippen LogP contribution is 2.06. The molecule has 0 saturated carbocycles. The first-order valence-electron chi connectivity index (χ1n) is 6.50. The number of methoxy groups -OCH3 is 1. The number of ether oxygens (including phenoxy) is 1. The number of carbonyl (C=O) groups is 4. The number of imide groups is 1. The minimum atomic E-state index is -1.31. The summed E-state index contributed by atoms with van der Waals surface area (Å²) in [5.74, 6) is -2.58. The minimum absolute atomic E-state index is 0.0257. The van der Waals surface area contributed by atoms with E-state index in [4.69, 9.17) is 0 Å². The molecule has 0 aromatic carbocycles. The smallest absolute Gasteiger partial charge is 0.331 e. The van der Waals surface area contributed by atoms with Gasteiger partial charge in [-0.15, -0.1) is 0 Å². The van der Waals surface area contributed by atoms with E-state index in [0.717, 1.165) is 7.11 Å². The molecule has 118 valence electrons. The van der Waals surface area contributed by atoms with Crippen LogP contribution in [0.3, 0.4) is 0 Å². The van der Waals surface area contributed by atoms with Crippen LogP contribution in [0.4, 0.5) is 4.79 Å². The number of nitrogens with one attached hydrogen (secondary N) is 1. The van der Waals surface area contributed by atoms with Crippen molar-refractivity contribution >= 4 is 23.8 Å². The van der Waals surface area contributed by atoms with Crippen LogP contribution in [0.25, 0.3) is 0 Å². The summed E-state index contributed by atoms with van der Waals surface area (Å²) in [4.78, 5) is 49.0. The Morgan fingerprint density at radius 2 is 1.95 bits per heavy atom. The molecule has 0 aliphatic carbocycles. The van der Waals surface area contributed by atoms with Crippen LogP contribution in [0.5, 0.6) is 0 Å². The maximum Gasteiger partial charge on any atom is 0.331 e. The number of hydrogen-bond acceptors (Lipinski definition) is 6. The predicted octanol–water partition coefficient (Wildman–Crippen LogP) is -1.69. The lowest BCUT2D eigenvalue weighted by Gasteiger charge is -2.32. The van der Waals surface area contributed by atoms with E-state index in [1.807, 2.05) is 0 Å². The van der Waals surface area contributed by atoms with E-state index in [2.05, 4.69) is 10.1 Å². The molecule has 0 radical (unpaired) electrons. The topological polar surface area (TPSA) is 116 Å². The summed E-state index contributed by atoms with van der Waals surface area (Å²) in [6.07, 6.45) is -1.20. The van der Waals surface area contributed by atoms with E-state index >= 15 is 0 Å². The van der Waals surface area contributed by atoms with Gasteiger partial charge in [0.1, 0.15) is 0 Å². The zero-order valence-electron chi connectivity index (χ0n) is 12.2. The molecule has 4 amide bonds. The van der Waals surface area contributed by atoms with Crippen LogP contribution < -0.4 is 5.32 Å². The third kappa shape index (κ3) is 3.69. The van der Waals surface area contributed by atoms with Gasteiger partial charge in [-0.25, -0.2) is 9.59 Å². The molecule has 1 fully saturated rings. The monoisotopic (exact) mass is 301 g/mol. The zero-order chi connectivity index (χ0) is 16.2. The quantitative estimate of drug-likeness (QED) is 0.473. The highest BCUT2D eigenvalue weighted by atomic mass is 16.5. The van der Waals surface area contributed by atoms with Crippen molar-refractivity contribution in [1.82, 2.24) is 15.1 Å². The van der Waals surface area contributed by atoms with Crippen LogP contribution in [-0.2, 0) is 19.1 Å². The number of carbonyl (C=O) groups excluding carboxylic acids is 4. The number of amides is 4. The molecule has 2 N–H and O–H groups in total. The van der Waals surface area contributed by atoms with Gasteiger partial charge in [-0.2, -0.15) is 0 Å². The summed E-state index contributed by atoms with van der Waals surface area (Å²) < 4.78 is 4.45. The van der Waals surface area contributed by atoms with Gasteiger partial charge in [0.15, 0.2) is 6.04 Å². The Morgan fingerprint density at radius 1 is 1.33 bits per heavy atom. The molecule has 9 heteroatoms. The molecule has 1 saturated heterocycles. The second-order valence-electron chi connectivity index (χ2n) is 4.53. The van der Waals surface area contributed by atoms with Gasteiger partial charge < -0.3 is 20.1 Å². The number of piperazine rings is 1. The van der Waals surface area contributed by atoms with Crippen molar-refractivity contribution in [2.24, 2.45) is 0 Å². The minimum Gasteiger partial charge on any atom is -0.467 e. The first-order valence-corrected chi connectivity index (χ1v) is 6.50. The standard InChI is InChI=1S/C12H19N3O6/c1-4-14-5-6-15(10(18)9(14)17)12(20)13-8(7(2)16)11(19)21-3/h7-8,16H,4-6H2,1-3H3,(H,13,20)/t7-,8+/m1/s1. The Labute approximate surface area is 121 Å².